The molecule has 0 spiro atoms. The fourth-order valence-corrected chi connectivity index (χ4v) is 3.58. The fraction of sp³-hybridized carbons (Fsp3) is 0.348. The molecular weight excluding hydrogens is 336 g/mol. The molecule has 4 nitrogen and oxygen atoms in total. The number of nitrogens with one attached hydrogen (secondary N) is 1. The number of carbonyl (C=O) groups is 1. The highest BCUT2D eigenvalue weighted by Gasteiger charge is 2.26. The molecule has 1 aliphatic heterocycles. The first kappa shape index (κ1) is 19.0. The van der Waals surface area contributed by atoms with Crippen LogP contribution in [0.3, 0.4) is 0 Å². The molecule has 0 radical (unpaired) electrons. The van der Waals surface area contributed by atoms with Gasteiger partial charge in [-0.3, -0.25) is 4.79 Å². The van der Waals surface area contributed by atoms with Gasteiger partial charge >= 0.3 is 0 Å². The number of nitrogens with zero attached hydrogens (tertiary/aromatic N) is 1. The number of ether oxygens (including phenoxy) is 1. The number of benzene rings is 2. The van der Waals surface area contributed by atoms with Crippen molar-refractivity contribution >= 4 is 5.91 Å². The van der Waals surface area contributed by atoms with E-state index in [0.717, 1.165) is 24.2 Å². The molecule has 0 aliphatic carbocycles. The van der Waals surface area contributed by atoms with Crippen LogP contribution in [0.15, 0.2) is 66.4 Å². The fourth-order valence-electron chi connectivity index (χ4n) is 3.58. The van der Waals surface area contributed by atoms with Crippen LogP contribution in [0.2, 0.25) is 0 Å². The summed E-state index contributed by atoms with van der Waals surface area (Å²) in [5, 5.41) is 3.23. The molecule has 4 heteroatoms. The highest BCUT2D eigenvalue weighted by atomic mass is 16.5. The van der Waals surface area contributed by atoms with Gasteiger partial charge in [0.2, 0.25) is 0 Å². The quantitative estimate of drug-likeness (QED) is 0.825. The predicted octanol–water partition coefficient (Wildman–Crippen LogP) is 4.41. The standard InChI is InChI=1S/C23H28N2O2/c1-4-27-21-13-9-8-12-19(21)23(26)24-22(18-10-6-5-7-11-18)20-15-14-17(2)16-25(20)3/h5-13,15,17,22H,4,14,16H2,1-3H3,(H,24,26)/t17?,22-/m1/s1. The molecular formula is C23H28N2O2. The van der Waals surface area contributed by atoms with Crippen LogP contribution in [0, 0.1) is 5.92 Å². The Morgan fingerprint density at radius 2 is 1.89 bits per heavy atom. The zero-order chi connectivity index (χ0) is 19.2. The van der Waals surface area contributed by atoms with Gasteiger partial charge in [-0.2, -0.15) is 0 Å². The van der Waals surface area contributed by atoms with Crippen molar-refractivity contribution in [2.24, 2.45) is 5.92 Å². The molecule has 1 heterocycles. The van der Waals surface area contributed by atoms with Crippen LogP contribution in [0.1, 0.15) is 42.2 Å². The Balaban J connectivity index is 1.92. The molecule has 2 atom stereocenters. The average molecular weight is 364 g/mol. The van der Waals surface area contributed by atoms with Crippen LogP contribution < -0.4 is 10.1 Å². The number of hydrogen-bond donors (Lipinski definition) is 1. The number of amides is 1. The van der Waals surface area contributed by atoms with Crippen LogP contribution in [0.5, 0.6) is 5.75 Å². The maximum Gasteiger partial charge on any atom is 0.255 e. The van der Waals surface area contributed by atoms with Gasteiger partial charge in [0.15, 0.2) is 0 Å². The molecule has 1 N–H and O–H groups in total. The van der Waals surface area contributed by atoms with Gasteiger partial charge < -0.3 is 15.0 Å². The Labute approximate surface area is 161 Å². The minimum absolute atomic E-state index is 0.124. The summed E-state index contributed by atoms with van der Waals surface area (Å²) < 4.78 is 5.64. The van der Waals surface area contributed by atoms with E-state index >= 15 is 0 Å². The number of rotatable bonds is 6. The summed E-state index contributed by atoms with van der Waals surface area (Å²) in [7, 11) is 2.09. The summed E-state index contributed by atoms with van der Waals surface area (Å²) in [5.41, 5.74) is 2.78. The molecule has 2 aromatic rings. The SMILES string of the molecule is CCOc1ccccc1C(=O)N[C@@H](C1=CCC(C)CN1C)c1ccccc1. The van der Waals surface area contributed by atoms with E-state index in [1.165, 1.54) is 0 Å². The van der Waals surface area contributed by atoms with Gasteiger partial charge in [0.05, 0.1) is 18.2 Å². The summed E-state index contributed by atoms with van der Waals surface area (Å²) >= 11 is 0. The number of hydrogen-bond acceptors (Lipinski definition) is 3. The zero-order valence-corrected chi connectivity index (χ0v) is 16.3. The molecule has 1 amide bonds. The molecule has 3 rings (SSSR count). The van der Waals surface area contributed by atoms with Crippen LogP contribution in [-0.2, 0) is 0 Å². The predicted molar refractivity (Wildman–Crippen MR) is 109 cm³/mol. The molecule has 2 aromatic carbocycles. The van der Waals surface area contributed by atoms with Gasteiger partial charge in [-0.1, -0.05) is 55.5 Å². The van der Waals surface area contributed by atoms with Crippen molar-refractivity contribution in [3.63, 3.8) is 0 Å². The van der Waals surface area contributed by atoms with Gasteiger partial charge in [-0.05, 0) is 37.0 Å². The van der Waals surface area contributed by atoms with Crippen molar-refractivity contribution in [1.29, 1.82) is 0 Å². The second-order valence-electron chi connectivity index (χ2n) is 7.10. The maximum atomic E-state index is 13.1. The van der Waals surface area contributed by atoms with Crippen LogP contribution in [-0.4, -0.2) is 31.0 Å². The van der Waals surface area contributed by atoms with Gasteiger partial charge in [-0.25, -0.2) is 0 Å². The summed E-state index contributed by atoms with van der Waals surface area (Å²) in [6.07, 6.45) is 3.27. The number of allylic oxidation sites excluding steroid dienone is 1. The minimum Gasteiger partial charge on any atom is -0.493 e. The van der Waals surface area contributed by atoms with Crippen molar-refractivity contribution in [2.45, 2.75) is 26.3 Å². The Morgan fingerprint density at radius 3 is 2.59 bits per heavy atom. The summed E-state index contributed by atoms with van der Waals surface area (Å²) in [4.78, 5) is 15.4. The normalized spacial score (nSPS) is 17.8. The zero-order valence-electron chi connectivity index (χ0n) is 16.3. The van der Waals surface area contributed by atoms with E-state index < -0.39 is 0 Å². The van der Waals surface area contributed by atoms with Crippen molar-refractivity contribution < 1.29 is 9.53 Å². The second kappa shape index (κ2) is 8.76. The molecule has 142 valence electrons. The number of carbonyl (C=O) groups excluding carboxylic acids is 1. The van der Waals surface area contributed by atoms with Gasteiger partial charge in [0, 0.05) is 19.3 Å². The third-order valence-corrected chi connectivity index (χ3v) is 4.89. The molecule has 0 saturated heterocycles. The lowest BCUT2D eigenvalue weighted by molar-refractivity contribution is 0.0932. The summed E-state index contributed by atoms with van der Waals surface area (Å²) in [6.45, 7) is 5.68. The molecule has 0 fully saturated rings. The van der Waals surface area contributed by atoms with Crippen LogP contribution >= 0.6 is 0 Å². The molecule has 1 unspecified atom stereocenters. The molecule has 27 heavy (non-hydrogen) atoms. The van der Waals surface area contributed by atoms with Crippen molar-refractivity contribution in [3.05, 3.63) is 77.5 Å². The largest absolute Gasteiger partial charge is 0.493 e. The van der Waals surface area contributed by atoms with Crippen LogP contribution in [0.4, 0.5) is 0 Å². The Bertz CT molecular complexity index is 801. The van der Waals surface area contributed by atoms with E-state index in [1.807, 2.05) is 49.4 Å². The maximum absolute atomic E-state index is 13.1. The number of likely N-dealkylation sites (N-methyl/N-ethyl adjacent to an activating group) is 1. The first-order valence-corrected chi connectivity index (χ1v) is 9.59. The minimum atomic E-state index is -0.189. The smallest absolute Gasteiger partial charge is 0.255 e. The third kappa shape index (κ3) is 4.51. The highest BCUT2D eigenvalue weighted by molar-refractivity contribution is 5.97. The average Bonchev–Trinajstić information content (AvgIpc) is 2.68. The molecule has 0 aromatic heterocycles. The van der Waals surface area contributed by atoms with E-state index in [4.69, 9.17) is 4.74 Å². The van der Waals surface area contributed by atoms with E-state index in [0.29, 0.717) is 23.8 Å². The monoisotopic (exact) mass is 364 g/mol. The first-order chi connectivity index (χ1) is 13.1. The molecule has 0 bridgehead atoms. The number of para-hydroxylation sites is 1. The third-order valence-electron chi connectivity index (χ3n) is 4.89. The lowest BCUT2D eigenvalue weighted by Gasteiger charge is -2.35. The lowest BCUT2D eigenvalue weighted by atomic mass is 9.95. The van der Waals surface area contributed by atoms with Gasteiger partial charge in [-0.15, -0.1) is 0 Å². The topological polar surface area (TPSA) is 41.6 Å². The second-order valence-corrected chi connectivity index (χ2v) is 7.10. The summed E-state index contributed by atoms with van der Waals surface area (Å²) in [6, 6.07) is 17.3. The van der Waals surface area contributed by atoms with Crippen molar-refractivity contribution in [1.82, 2.24) is 10.2 Å². The van der Waals surface area contributed by atoms with E-state index in [9.17, 15) is 4.79 Å². The molecule has 1 aliphatic rings. The van der Waals surface area contributed by atoms with Crippen molar-refractivity contribution in [3.8, 4) is 5.75 Å². The first-order valence-electron chi connectivity index (χ1n) is 9.59. The Kier molecular flexibility index (Phi) is 6.17. The van der Waals surface area contributed by atoms with E-state index in [2.05, 4.69) is 42.4 Å². The molecule has 0 saturated carbocycles. The van der Waals surface area contributed by atoms with Crippen molar-refractivity contribution in [2.75, 3.05) is 20.2 Å². The van der Waals surface area contributed by atoms with Crippen LogP contribution in [0.25, 0.3) is 0 Å². The van der Waals surface area contributed by atoms with E-state index in [-0.39, 0.29) is 11.9 Å². The van der Waals surface area contributed by atoms with E-state index in [1.54, 1.807) is 0 Å². The highest BCUT2D eigenvalue weighted by Crippen LogP contribution is 2.30. The lowest BCUT2D eigenvalue weighted by Crippen LogP contribution is -2.38. The Hall–Kier alpha value is -2.75. The Morgan fingerprint density at radius 1 is 1.19 bits per heavy atom. The van der Waals surface area contributed by atoms with Gasteiger partial charge in [0.1, 0.15) is 5.75 Å². The summed E-state index contributed by atoms with van der Waals surface area (Å²) in [5.74, 6) is 1.11. The van der Waals surface area contributed by atoms with Gasteiger partial charge in [0.25, 0.3) is 5.91 Å².